The summed E-state index contributed by atoms with van der Waals surface area (Å²) in [4.78, 5) is 10.8. The molecule has 0 aromatic heterocycles. The lowest BCUT2D eigenvalue weighted by Gasteiger charge is -1.96. The van der Waals surface area contributed by atoms with Crippen LogP contribution in [0.3, 0.4) is 0 Å². The average molecular weight is 124 g/mol. The summed E-state index contributed by atoms with van der Waals surface area (Å²) >= 11 is 0. The Kier molecular flexibility index (Phi) is 3.79. The highest BCUT2D eigenvalue weighted by atomic mass is 16.1. The lowest BCUT2D eigenvalue weighted by molar-refractivity contribution is -0.120. The number of rotatable bonds is 2. The molecule has 0 saturated heterocycles. The molecule has 0 rings (SSSR count). The molecule has 50 valence electrons. The number of carbonyl (C=O) groups is 1. The van der Waals surface area contributed by atoms with Crippen LogP contribution in [-0.2, 0) is 4.79 Å². The van der Waals surface area contributed by atoms with Crippen molar-refractivity contribution in [1.29, 1.82) is 0 Å². The molecule has 0 bridgehead atoms. The van der Waals surface area contributed by atoms with Crippen LogP contribution in [0.2, 0.25) is 0 Å². The molecule has 0 unspecified atom stereocenters. The van der Waals surface area contributed by atoms with Crippen molar-refractivity contribution in [2.75, 3.05) is 0 Å². The Morgan fingerprint density at radius 1 is 1.56 bits per heavy atom. The van der Waals surface area contributed by atoms with Crippen LogP contribution >= 0.6 is 0 Å². The predicted octanol–water partition coefficient (Wildman–Crippen LogP) is 1.62. The van der Waals surface area contributed by atoms with Crippen molar-refractivity contribution >= 4 is 5.78 Å². The third-order valence-corrected chi connectivity index (χ3v) is 1.08. The zero-order valence-electron chi connectivity index (χ0n) is 6.19. The van der Waals surface area contributed by atoms with Gasteiger partial charge in [0.2, 0.25) is 0 Å². The SMILES string of the molecule is CC#CCC(=O)C(C)C. The van der Waals surface area contributed by atoms with Crippen molar-refractivity contribution in [1.82, 2.24) is 0 Å². The van der Waals surface area contributed by atoms with Crippen LogP contribution in [0.4, 0.5) is 0 Å². The minimum atomic E-state index is 0.130. The first-order valence-electron chi connectivity index (χ1n) is 3.10. The maximum Gasteiger partial charge on any atom is 0.147 e. The summed E-state index contributed by atoms with van der Waals surface area (Å²) in [6.07, 6.45) is 0.411. The quantitative estimate of drug-likeness (QED) is 0.511. The van der Waals surface area contributed by atoms with Crippen molar-refractivity contribution in [2.24, 2.45) is 5.92 Å². The summed E-state index contributed by atoms with van der Waals surface area (Å²) < 4.78 is 0. The average Bonchev–Trinajstić information content (AvgIpc) is 1.82. The molecule has 0 spiro atoms. The Bertz CT molecular complexity index is 146. The number of hydrogen-bond acceptors (Lipinski definition) is 1. The molecule has 1 nitrogen and oxygen atoms in total. The first-order valence-corrected chi connectivity index (χ1v) is 3.10. The first-order chi connectivity index (χ1) is 4.18. The lowest BCUT2D eigenvalue weighted by Crippen LogP contribution is -2.04. The van der Waals surface area contributed by atoms with Gasteiger partial charge in [0, 0.05) is 5.92 Å². The lowest BCUT2D eigenvalue weighted by atomic mass is 10.1. The monoisotopic (exact) mass is 124 g/mol. The van der Waals surface area contributed by atoms with E-state index in [0.29, 0.717) is 6.42 Å². The van der Waals surface area contributed by atoms with Gasteiger partial charge in [-0.25, -0.2) is 0 Å². The summed E-state index contributed by atoms with van der Waals surface area (Å²) in [5.41, 5.74) is 0. The van der Waals surface area contributed by atoms with Gasteiger partial charge in [0.05, 0.1) is 6.42 Å². The van der Waals surface area contributed by atoms with E-state index in [2.05, 4.69) is 11.8 Å². The summed E-state index contributed by atoms with van der Waals surface area (Å²) in [7, 11) is 0. The van der Waals surface area contributed by atoms with Crippen LogP contribution in [-0.4, -0.2) is 5.78 Å². The van der Waals surface area contributed by atoms with Crippen molar-refractivity contribution in [3.8, 4) is 11.8 Å². The second-order valence-corrected chi connectivity index (χ2v) is 2.22. The van der Waals surface area contributed by atoms with Gasteiger partial charge in [-0.15, -0.1) is 5.92 Å². The predicted molar refractivity (Wildman–Crippen MR) is 37.9 cm³/mol. The van der Waals surface area contributed by atoms with Gasteiger partial charge in [0.1, 0.15) is 5.78 Å². The fraction of sp³-hybridized carbons (Fsp3) is 0.625. The first kappa shape index (κ1) is 8.23. The maximum absolute atomic E-state index is 10.8. The second-order valence-electron chi connectivity index (χ2n) is 2.22. The fourth-order valence-electron chi connectivity index (χ4n) is 0.380. The largest absolute Gasteiger partial charge is 0.298 e. The molecular formula is C8H12O. The summed E-state index contributed by atoms with van der Waals surface area (Å²) in [5.74, 6) is 5.77. The molecule has 0 amide bonds. The molecular weight excluding hydrogens is 112 g/mol. The third kappa shape index (κ3) is 3.78. The zero-order chi connectivity index (χ0) is 7.28. The van der Waals surface area contributed by atoms with Gasteiger partial charge in [-0.3, -0.25) is 4.79 Å². The molecule has 0 aromatic rings. The van der Waals surface area contributed by atoms with Crippen molar-refractivity contribution < 1.29 is 4.79 Å². The Labute approximate surface area is 56.5 Å². The molecule has 0 atom stereocenters. The number of ketones is 1. The Balaban J connectivity index is 3.60. The molecule has 0 saturated carbocycles. The van der Waals surface area contributed by atoms with E-state index < -0.39 is 0 Å². The molecule has 0 radical (unpaired) electrons. The fourth-order valence-corrected chi connectivity index (χ4v) is 0.380. The van der Waals surface area contributed by atoms with E-state index in [-0.39, 0.29) is 11.7 Å². The van der Waals surface area contributed by atoms with E-state index >= 15 is 0 Å². The van der Waals surface area contributed by atoms with Crippen LogP contribution in [0.25, 0.3) is 0 Å². The summed E-state index contributed by atoms with van der Waals surface area (Å²) in [6.45, 7) is 5.52. The third-order valence-electron chi connectivity index (χ3n) is 1.08. The molecule has 0 fully saturated rings. The molecule has 0 aliphatic carbocycles. The molecule has 1 heteroatoms. The van der Waals surface area contributed by atoms with Crippen LogP contribution in [0.5, 0.6) is 0 Å². The zero-order valence-corrected chi connectivity index (χ0v) is 6.19. The molecule has 0 aromatic carbocycles. The van der Waals surface area contributed by atoms with Gasteiger partial charge in [-0.05, 0) is 6.92 Å². The summed E-state index contributed by atoms with van der Waals surface area (Å²) in [6, 6.07) is 0. The second kappa shape index (κ2) is 4.14. The normalized spacial score (nSPS) is 8.44. The topological polar surface area (TPSA) is 17.1 Å². The van der Waals surface area contributed by atoms with Crippen LogP contribution in [0.1, 0.15) is 27.2 Å². The van der Waals surface area contributed by atoms with E-state index in [4.69, 9.17) is 0 Å². The van der Waals surface area contributed by atoms with E-state index in [9.17, 15) is 4.79 Å². The highest BCUT2D eigenvalue weighted by molar-refractivity contribution is 5.82. The van der Waals surface area contributed by atoms with E-state index in [1.807, 2.05) is 13.8 Å². The van der Waals surface area contributed by atoms with Gasteiger partial charge in [-0.2, -0.15) is 0 Å². The Morgan fingerprint density at radius 3 is 2.44 bits per heavy atom. The number of hydrogen-bond donors (Lipinski definition) is 0. The van der Waals surface area contributed by atoms with Gasteiger partial charge in [0.15, 0.2) is 0 Å². The molecule has 0 aliphatic heterocycles. The van der Waals surface area contributed by atoms with Gasteiger partial charge in [-0.1, -0.05) is 19.8 Å². The van der Waals surface area contributed by atoms with Crippen molar-refractivity contribution in [2.45, 2.75) is 27.2 Å². The van der Waals surface area contributed by atoms with Crippen LogP contribution in [0.15, 0.2) is 0 Å². The minimum Gasteiger partial charge on any atom is -0.298 e. The van der Waals surface area contributed by atoms with Crippen LogP contribution in [0, 0.1) is 17.8 Å². The van der Waals surface area contributed by atoms with Gasteiger partial charge < -0.3 is 0 Å². The van der Waals surface area contributed by atoms with Gasteiger partial charge >= 0.3 is 0 Å². The van der Waals surface area contributed by atoms with Crippen LogP contribution < -0.4 is 0 Å². The Morgan fingerprint density at radius 2 is 2.11 bits per heavy atom. The number of Topliss-reactive ketones (excluding diaryl/α,β-unsaturated/α-hetero) is 1. The molecule has 0 heterocycles. The smallest absolute Gasteiger partial charge is 0.147 e. The maximum atomic E-state index is 10.8. The molecule has 0 aliphatic rings. The van der Waals surface area contributed by atoms with Crippen molar-refractivity contribution in [3.63, 3.8) is 0 Å². The van der Waals surface area contributed by atoms with Crippen molar-refractivity contribution in [3.05, 3.63) is 0 Å². The standard InChI is InChI=1S/C8H12O/c1-4-5-6-8(9)7(2)3/h7H,6H2,1-3H3. The minimum absolute atomic E-state index is 0.130. The van der Waals surface area contributed by atoms with E-state index in [0.717, 1.165) is 0 Å². The molecule has 9 heavy (non-hydrogen) atoms. The van der Waals surface area contributed by atoms with E-state index in [1.54, 1.807) is 6.92 Å². The van der Waals surface area contributed by atoms with Gasteiger partial charge in [0.25, 0.3) is 0 Å². The van der Waals surface area contributed by atoms with E-state index in [1.165, 1.54) is 0 Å². The Hall–Kier alpha value is -0.770. The number of carbonyl (C=O) groups excluding carboxylic acids is 1. The highest BCUT2D eigenvalue weighted by Crippen LogP contribution is 1.96. The highest BCUT2D eigenvalue weighted by Gasteiger charge is 2.02. The molecule has 0 N–H and O–H groups in total. The summed E-state index contributed by atoms with van der Waals surface area (Å²) in [5, 5.41) is 0.